The van der Waals surface area contributed by atoms with E-state index >= 15 is 0 Å². The lowest BCUT2D eigenvalue weighted by molar-refractivity contribution is -0.152. The van der Waals surface area contributed by atoms with Gasteiger partial charge in [-0.3, -0.25) is 9.59 Å². The van der Waals surface area contributed by atoms with Gasteiger partial charge in [-0.2, -0.15) is 0 Å². The number of nitrogens with one attached hydrogen (secondary N) is 1. The van der Waals surface area contributed by atoms with E-state index in [1.165, 1.54) is 0 Å². The van der Waals surface area contributed by atoms with E-state index in [4.69, 9.17) is 0 Å². The van der Waals surface area contributed by atoms with Crippen LogP contribution in [0.2, 0.25) is 0 Å². The van der Waals surface area contributed by atoms with Crippen molar-refractivity contribution in [3.05, 3.63) is 36.0 Å². The van der Waals surface area contributed by atoms with Gasteiger partial charge < -0.3 is 19.7 Å². The van der Waals surface area contributed by atoms with Gasteiger partial charge in [0.25, 0.3) is 5.91 Å². The molecule has 154 valence electrons. The third-order valence-corrected chi connectivity index (χ3v) is 7.16. The highest BCUT2D eigenvalue weighted by Gasteiger charge is 2.50. The third kappa shape index (κ3) is 3.14. The Kier molecular flexibility index (Phi) is 4.62. The average Bonchev–Trinajstić information content (AvgIpc) is 3.14. The molecule has 1 aromatic heterocycles. The van der Waals surface area contributed by atoms with Crippen molar-refractivity contribution >= 4 is 22.7 Å². The summed E-state index contributed by atoms with van der Waals surface area (Å²) in [5.41, 5.74) is 1.77. The first-order valence-corrected chi connectivity index (χ1v) is 10.8. The van der Waals surface area contributed by atoms with Gasteiger partial charge in [0.15, 0.2) is 0 Å². The van der Waals surface area contributed by atoms with Gasteiger partial charge in [0, 0.05) is 55.2 Å². The molecule has 2 aromatic rings. The van der Waals surface area contributed by atoms with Crippen LogP contribution in [0, 0.1) is 11.8 Å². The lowest BCUT2D eigenvalue weighted by atomic mass is 9.72. The van der Waals surface area contributed by atoms with E-state index in [9.17, 15) is 9.59 Å². The molecule has 29 heavy (non-hydrogen) atoms. The van der Waals surface area contributed by atoms with Crippen LogP contribution >= 0.6 is 0 Å². The molecule has 0 aliphatic carbocycles. The third-order valence-electron chi connectivity index (χ3n) is 7.16. The number of piperidine rings is 3. The minimum Gasteiger partial charge on any atom is -0.360 e. The number of nitrogens with zero attached hydrogens (tertiary/aromatic N) is 3. The number of rotatable bonds is 3. The second-order valence-corrected chi connectivity index (χ2v) is 9.30. The van der Waals surface area contributed by atoms with Crippen molar-refractivity contribution in [3.63, 3.8) is 0 Å². The van der Waals surface area contributed by atoms with Crippen LogP contribution in [-0.2, 0) is 4.79 Å². The maximum absolute atomic E-state index is 13.5. The Bertz CT molecular complexity index is 936. The van der Waals surface area contributed by atoms with E-state index in [1.807, 2.05) is 30.5 Å². The Labute approximate surface area is 171 Å². The molecule has 0 radical (unpaired) electrons. The predicted molar refractivity (Wildman–Crippen MR) is 113 cm³/mol. The Balaban J connectivity index is 1.45. The Morgan fingerprint density at radius 2 is 2.00 bits per heavy atom. The van der Waals surface area contributed by atoms with Gasteiger partial charge in [0.2, 0.25) is 5.91 Å². The molecule has 4 heterocycles. The van der Waals surface area contributed by atoms with Crippen LogP contribution in [0.3, 0.4) is 0 Å². The minimum absolute atomic E-state index is 0.122. The number of H-pyrrole nitrogens is 1. The normalized spacial score (nSPS) is 29.4. The Morgan fingerprint density at radius 1 is 1.21 bits per heavy atom. The number of aromatic amines is 1. The molecule has 3 fully saturated rings. The molecule has 0 saturated carbocycles. The number of likely N-dealkylation sites (N-methyl/N-ethyl adjacent to an activating group) is 1. The maximum Gasteiger partial charge on any atom is 0.256 e. The summed E-state index contributed by atoms with van der Waals surface area (Å²) in [5.74, 6) is 1.18. The summed E-state index contributed by atoms with van der Waals surface area (Å²) in [7, 11) is 4.15. The molecular weight excluding hydrogens is 364 g/mol. The number of hydrogen-bond donors (Lipinski definition) is 1. The number of likely N-dealkylation sites (tertiary alicyclic amines) is 1. The van der Waals surface area contributed by atoms with E-state index in [0.717, 1.165) is 55.4 Å². The van der Waals surface area contributed by atoms with Crippen LogP contribution in [0.4, 0.5) is 0 Å². The number of amides is 2. The van der Waals surface area contributed by atoms with Gasteiger partial charge in [-0.25, -0.2) is 0 Å². The molecule has 6 nitrogen and oxygen atoms in total. The molecule has 0 spiro atoms. The Morgan fingerprint density at radius 3 is 2.83 bits per heavy atom. The summed E-state index contributed by atoms with van der Waals surface area (Å²) in [6.45, 7) is 2.37. The van der Waals surface area contributed by atoms with E-state index < -0.39 is 0 Å². The monoisotopic (exact) mass is 394 g/mol. The van der Waals surface area contributed by atoms with Crippen molar-refractivity contribution in [1.29, 1.82) is 0 Å². The SMILES string of the molecule is CN(C)C[C@H]1[C@H]2C[C@H](CN(C(=O)c3c[nH]c4ccccc34)C2)[C@@H]2CCCC(=O)N21. The molecule has 5 rings (SSSR count). The number of carbonyl (C=O) groups excluding carboxylic acids is 2. The van der Waals surface area contributed by atoms with Crippen molar-refractivity contribution in [2.75, 3.05) is 33.7 Å². The predicted octanol–water partition coefficient (Wildman–Crippen LogP) is 2.57. The molecule has 3 aliphatic heterocycles. The fourth-order valence-electron chi connectivity index (χ4n) is 5.97. The molecule has 1 N–H and O–H groups in total. The first kappa shape index (κ1) is 18.7. The van der Waals surface area contributed by atoms with Crippen LogP contribution < -0.4 is 0 Å². The summed E-state index contributed by atoms with van der Waals surface area (Å²) in [6.07, 6.45) is 5.71. The smallest absolute Gasteiger partial charge is 0.256 e. The van der Waals surface area contributed by atoms with Crippen molar-refractivity contribution in [3.8, 4) is 0 Å². The number of hydrogen-bond acceptors (Lipinski definition) is 3. The van der Waals surface area contributed by atoms with E-state index in [1.54, 1.807) is 0 Å². The van der Waals surface area contributed by atoms with Crippen molar-refractivity contribution in [2.24, 2.45) is 11.8 Å². The van der Waals surface area contributed by atoms with Crippen LogP contribution in [-0.4, -0.2) is 77.3 Å². The molecule has 2 bridgehead atoms. The van der Waals surface area contributed by atoms with Gasteiger partial charge in [-0.15, -0.1) is 0 Å². The fourth-order valence-corrected chi connectivity index (χ4v) is 5.97. The van der Waals surface area contributed by atoms with Crippen molar-refractivity contribution in [1.82, 2.24) is 19.7 Å². The minimum atomic E-state index is 0.122. The number of carbonyl (C=O) groups is 2. The van der Waals surface area contributed by atoms with Crippen molar-refractivity contribution < 1.29 is 9.59 Å². The molecule has 1 aromatic carbocycles. The fraction of sp³-hybridized carbons (Fsp3) is 0.565. The van der Waals surface area contributed by atoms with Crippen LogP contribution in [0.5, 0.6) is 0 Å². The lowest BCUT2D eigenvalue weighted by Crippen LogP contribution is -2.67. The zero-order valence-electron chi connectivity index (χ0n) is 17.3. The summed E-state index contributed by atoms with van der Waals surface area (Å²) < 4.78 is 0. The first-order chi connectivity index (χ1) is 14.0. The second-order valence-electron chi connectivity index (χ2n) is 9.30. The lowest BCUT2D eigenvalue weighted by Gasteiger charge is -2.57. The molecular formula is C23H30N4O2. The van der Waals surface area contributed by atoms with Crippen LogP contribution in [0.1, 0.15) is 36.0 Å². The summed E-state index contributed by atoms with van der Waals surface area (Å²) in [6, 6.07) is 8.49. The van der Waals surface area contributed by atoms with Gasteiger partial charge in [-0.1, -0.05) is 18.2 Å². The highest BCUT2D eigenvalue weighted by Crippen LogP contribution is 2.42. The van der Waals surface area contributed by atoms with E-state index in [0.29, 0.717) is 24.2 Å². The largest absolute Gasteiger partial charge is 0.360 e. The number of aromatic nitrogens is 1. The standard InChI is InChI=1S/C23H30N4O2/c1-25(2)14-21-16-10-15(20-8-5-9-22(28)27(20)21)12-26(13-16)23(29)18-11-24-19-7-4-3-6-17(18)19/h3-4,6-7,11,15-16,20-21,24H,5,8-10,12-14H2,1-2H3/t15-,16+,20+,21+/m1/s1. The first-order valence-electron chi connectivity index (χ1n) is 10.8. The quantitative estimate of drug-likeness (QED) is 0.871. The van der Waals surface area contributed by atoms with Gasteiger partial charge in [0.1, 0.15) is 0 Å². The van der Waals surface area contributed by atoms with Gasteiger partial charge >= 0.3 is 0 Å². The van der Waals surface area contributed by atoms with Gasteiger partial charge in [0.05, 0.1) is 5.56 Å². The van der Waals surface area contributed by atoms with E-state index in [2.05, 4.69) is 33.8 Å². The van der Waals surface area contributed by atoms with Gasteiger partial charge in [-0.05, 0) is 51.3 Å². The number of benzene rings is 1. The Hall–Kier alpha value is -2.34. The van der Waals surface area contributed by atoms with E-state index in [-0.39, 0.29) is 18.0 Å². The number of fused-ring (bicyclic) bond motifs is 5. The molecule has 4 atom stereocenters. The molecule has 0 unspecified atom stereocenters. The highest BCUT2D eigenvalue weighted by atomic mass is 16.2. The summed E-state index contributed by atoms with van der Waals surface area (Å²) >= 11 is 0. The topological polar surface area (TPSA) is 59.7 Å². The average molecular weight is 395 g/mol. The maximum atomic E-state index is 13.5. The zero-order valence-corrected chi connectivity index (χ0v) is 17.3. The summed E-state index contributed by atoms with van der Waals surface area (Å²) in [5, 5.41) is 0.993. The van der Waals surface area contributed by atoms with Crippen LogP contribution in [0.25, 0.3) is 10.9 Å². The highest BCUT2D eigenvalue weighted by molar-refractivity contribution is 6.06. The molecule has 2 amide bonds. The number of para-hydroxylation sites is 1. The molecule has 6 heteroatoms. The molecule has 3 saturated heterocycles. The second kappa shape index (κ2) is 7.17. The summed E-state index contributed by atoms with van der Waals surface area (Å²) in [4.78, 5) is 36.0. The zero-order chi connectivity index (χ0) is 20.1. The van der Waals surface area contributed by atoms with Crippen LogP contribution in [0.15, 0.2) is 30.5 Å². The van der Waals surface area contributed by atoms with Crippen molar-refractivity contribution in [2.45, 2.75) is 37.8 Å². The molecule has 3 aliphatic rings.